The van der Waals surface area contributed by atoms with E-state index in [1.54, 1.807) is 0 Å². The van der Waals surface area contributed by atoms with E-state index in [-0.39, 0.29) is 5.60 Å². The summed E-state index contributed by atoms with van der Waals surface area (Å²) in [5, 5.41) is 0. The van der Waals surface area contributed by atoms with Crippen molar-refractivity contribution in [3.05, 3.63) is 29.3 Å². The summed E-state index contributed by atoms with van der Waals surface area (Å²) in [7, 11) is 0. The van der Waals surface area contributed by atoms with Crippen molar-refractivity contribution in [2.24, 2.45) is 17.3 Å². The fourth-order valence-corrected chi connectivity index (χ4v) is 5.83. The summed E-state index contributed by atoms with van der Waals surface area (Å²) in [6.07, 6.45) is 7.70. The summed E-state index contributed by atoms with van der Waals surface area (Å²) in [6.45, 7) is 9.60. The zero-order valence-corrected chi connectivity index (χ0v) is 14.6. The lowest BCUT2D eigenvalue weighted by Crippen LogP contribution is -2.59. The van der Waals surface area contributed by atoms with E-state index < -0.39 is 0 Å². The van der Waals surface area contributed by atoms with Gasteiger partial charge in [-0.25, -0.2) is 0 Å². The fourth-order valence-electron chi connectivity index (χ4n) is 5.83. The standard InChI is InChI=1S/C21H30O/c1-5-6-7-8-14-9-10-15-17(13-14)22-21(4)12-11-16-19(21)18(15)20(16,2)3/h9-10,13,16,18-19H,5-8,11-12H2,1-4H3. The van der Waals surface area contributed by atoms with Crippen molar-refractivity contribution in [1.29, 1.82) is 0 Å². The second-order valence-electron chi connectivity index (χ2n) is 8.71. The Morgan fingerprint density at radius 1 is 1.18 bits per heavy atom. The van der Waals surface area contributed by atoms with Crippen LogP contribution in [0, 0.1) is 17.3 Å². The number of hydrogen-bond donors (Lipinski definition) is 0. The highest BCUT2D eigenvalue weighted by Crippen LogP contribution is 2.73. The number of rotatable bonds is 4. The van der Waals surface area contributed by atoms with E-state index in [0.717, 1.165) is 11.8 Å². The third-order valence-corrected chi connectivity index (χ3v) is 7.03. The normalized spacial score (nSPS) is 37.0. The number of fused-ring (bicyclic) bond motifs is 2. The minimum Gasteiger partial charge on any atom is -0.487 e. The Labute approximate surface area is 135 Å². The van der Waals surface area contributed by atoms with Crippen molar-refractivity contribution in [3.8, 4) is 5.75 Å². The first-order valence-electron chi connectivity index (χ1n) is 9.29. The largest absolute Gasteiger partial charge is 0.487 e. The zero-order valence-electron chi connectivity index (χ0n) is 14.6. The Morgan fingerprint density at radius 3 is 2.77 bits per heavy atom. The van der Waals surface area contributed by atoms with Crippen LogP contribution in [0.5, 0.6) is 5.75 Å². The Balaban J connectivity index is 1.67. The Hall–Kier alpha value is -0.980. The molecule has 1 heterocycles. The maximum Gasteiger partial charge on any atom is 0.123 e. The molecule has 0 spiro atoms. The molecule has 4 rings (SSSR count). The average molecular weight is 298 g/mol. The van der Waals surface area contributed by atoms with E-state index in [4.69, 9.17) is 4.74 Å². The van der Waals surface area contributed by atoms with Gasteiger partial charge >= 0.3 is 0 Å². The monoisotopic (exact) mass is 298 g/mol. The number of aryl methyl sites for hydroxylation is 1. The van der Waals surface area contributed by atoms with Gasteiger partial charge in [-0.05, 0) is 67.1 Å². The molecule has 22 heavy (non-hydrogen) atoms. The first kappa shape index (κ1) is 14.6. The lowest BCUT2D eigenvalue weighted by atomic mass is 9.45. The van der Waals surface area contributed by atoms with Crippen LogP contribution in [0.4, 0.5) is 0 Å². The van der Waals surface area contributed by atoms with Crippen LogP contribution in [0.2, 0.25) is 0 Å². The number of benzene rings is 1. The molecule has 0 amide bonds. The SMILES string of the molecule is CCCCCc1ccc2c(c1)OC1(C)CCC3C1C2C3(C)C. The van der Waals surface area contributed by atoms with Gasteiger partial charge in [-0.1, -0.05) is 45.7 Å². The molecule has 0 bridgehead atoms. The van der Waals surface area contributed by atoms with Crippen LogP contribution in [0.15, 0.2) is 18.2 Å². The summed E-state index contributed by atoms with van der Waals surface area (Å²) in [4.78, 5) is 0. The van der Waals surface area contributed by atoms with Crippen molar-refractivity contribution < 1.29 is 4.74 Å². The topological polar surface area (TPSA) is 9.23 Å². The lowest BCUT2D eigenvalue weighted by Gasteiger charge is -2.62. The second-order valence-corrected chi connectivity index (χ2v) is 8.71. The molecule has 2 saturated carbocycles. The van der Waals surface area contributed by atoms with Gasteiger partial charge in [0.05, 0.1) is 0 Å². The van der Waals surface area contributed by atoms with Gasteiger partial charge in [0.2, 0.25) is 0 Å². The van der Waals surface area contributed by atoms with Crippen molar-refractivity contribution in [2.45, 2.75) is 77.7 Å². The lowest BCUT2D eigenvalue weighted by molar-refractivity contribution is -0.120. The third kappa shape index (κ3) is 1.83. The molecule has 0 N–H and O–H groups in total. The van der Waals surface area contributed by atoms with E-state index in [0.29, 0.717) is 11.3 Å². The zero-order chi connectivity index (χ0) is 15.5. The summed E-state index contributed by atoms with van der Waals surface area (Å²) in [5.41, 5.74) is 3.50. The molecule has 4 atom stereocenters. The van der Waals surface area contributed by atoms with Crippen LogP contribution in [-0.2, 0) is 6.42 Å². The molecule has 0 radical (unpaired) electrons. The van der Waals surface area contributed by atoms with E-state index in [1.807, 2.05) is 0 Å². The molecule has 1 aromatic carbocycles. The molecule has 1 nitrogen and oxygen atoms in total. The van der Waals surface area contributed by atoms with Crippen molar-refractivity contribution in [2.75, 3.05) is 0 Å². The van der Waals surface area contributed by atoms with Gasteiger partial charge < -0.3 is 4.74 Å². The Morgan fingerprint density at radius 2 is 2.00 bits per heavy atom. The molecule has 1 aromatic rings. The summed E-state index contributed by atoms with van der Waals surface area (Å²) in [6, 6.07) is 7.10. The molecule has 0 aromatic heterocycles. The number of ether oxygens (including phenoxy) is 1. The van der Waals surface area contributed by atoms with Crippen LogP contribution in [0.25, 0.3) is 0 Å². The molecule has 120 valence electrons. The predicted molar refractivity (Wildman–Crippen MR) is 91.4 cm³/mol. The first-order chi connectivity index (χ1) is 10.5. The van der Waals surface area contributed by atoms with E-state index in [2.05, 4.69) is 45.9 Å². The summed E-state index contributed by atoms with van der Waals surface area (Å²) < 4.78 is 6.58. The van der Waals surface area contributed by atoms with E-state index in [9.17, 15) is 0 Å². The molecular formula is C21H30O. The van der Waals surface area contributed by atoms with Crippen molar-refractivity contribution in [3.63, 3.8) is 0 Å². The molecular weight excluding hydrogens is 268 g/mol. The highest BCUT2D eigenvalue weighted by atomic mass is 16.5. The quantitative estimate of drug-likeness (QED) is 0.646. The molecule has 0 saturated heterocycles. The molecule has 3 aliphatic rings. The number of unbranched alkanes of at least 4 members (excludes halogenated alkanes) is 2. The minimum absolute atomic E-state index is 0.0971. The van der Waals surface area contributed by atoms with Gasteiger partial charge in [0.1, 0.15) is 11.4 Å². The third-order valence-electron chi connectivity index (χ3n) is 7.03. The van der Waals surface area contributed by atoms with Gasteiger partial charge in [0.25, 0.3) is 0 Å². The van der Waals surface area contributed by atoms with Gasteiger partial charge in [0.15, 0.2) is 0 Å². The van der Waals surface area contributed by atoms with Crippen LogP contribution < -0.4 is 4.74 Å². The van der Waals surface area contributed by atoms with Crippen molar-refractivity contribution >= 4 is 0 Å². The maximum absolute atomic E-state index is 6.58. The van der Waals surface area contributed by atoms with Crippen LogP contribution in [-0.4, -0.2) is 5.60 Å². The van der Waals surface area contributed by atoms with Gasteiger partial charge in [-0.2, -0.15) is 0 Å². The van der Waals surface area contributed by atoms with Gasteiger partial charge in [-0.3, -0.25) is 0 Å². The second kappa shape index (κ2) is 4.76. The summed E-state index contributed by atoms with van der Waals surface area (Å²) >= 11 is 0. The minimum atomic E-state index is 0.0971. The Bertz CT molecular complexity index is 588. The average Bonchev–Trinajstić information content (AvgIpc) is 2.80. The Kier molecular flexibility index (Phi) is 3.16. The fraction of sp³-hybridized carbons (Fsp3) is 0.714. The number of hydrogen-bond acceptors (Lipinski definition) is 1. The van der Waals surface area contributed by atoms with Crippen molar-refractivity contribution in [1.82, 2.24) is 0 Å². The van der Waals surface area contributed by atoms with E-state index >= 15 is 0 Å². The molecule has 1 aliphatic heterocycles. The van der Waals surface area contributed by atoms with Crippen LogP contribution >= 0.6 is 0 Å². The van der Waals surface area contributed by atoms with Crippen LogP contribution in [0.1, 0.15) is 76.8 Å². The maximum atomic E-state index is 6.58. The molecule has 2 fully saturated rings. The van der Waals surface area contributed by atoms with Crippen LogP contribution in [0.3, 0.4) is 0 Å². The highest BCUT2D eigenvalue weighted by Gasteiger charge is 2.68. The molecule has 4 unspecified atom stereocenters. The van der Waals surface area contributed by atoms with E-state index in [1.165, 1.54) is 55.4 Å². The molecule has 2 aliphatic carbocycles. The van der Waals surface area contributed by atoms with Gasteiger partial charge in [0, 0.05) is 5.92 Å². The first-order valence-corrected chi connectivity index (χ1v) is 9.29. The van der Waals surface area contributed by atoms with Gasteiger partial charge in [-0.15, -0.1) is 0 Å². The summed E-state index contributed by atoms with van der Waals surface area (Å²) in [5.74, 6) is 3.52. The highest BCUT2D eigenvalue weighted by molar-refractivity contribution is 5.47. The smallest absolute Gasteiger partial charge is 0.123 e. The predicted octanol–water partition coefficient (Wildman–Crippen LogP) is 5.72. The molecule has 1 heteroatoms.